The molecule has 0 saturated carbocycles. The zero-order valence-corrected chi connectivity index (χ0v) is 10.8. The molecule has 2 aromatic rings. The Balaban J connectivity index is 2.27. The van der Waals surface area contributed by atoms with Crippen LogP contribution >= 0.6 is 11.6 Å². The molecular weight excluding hydrogens is 284 g/mol. The van der Waals surface area contributed by atoms with E-state index in [0.29, 0.717) is 0 Å². The van der Waals surface area contributed by atoms with Crippen molar-refractivity contribution in [2.45, 2.75) is 0 Å². The van der Waals surface area contributed by atoms with Crippen molar-refractivity contribution in [1.82, 2.24) is 4.98 Å². The predicted octanol–water partition coefficient (Wildman–Crippen LogP) is 2.39. The average molecular weight is 293 g/mol. The zero-order valence-electron chi connectivity index (χ0n) is 10.0. The molecule has 0 spiro atoms. The van der Waals surface area contributed by atoms with Gasteiger partial charge in [-0.05, 0) is 30.3 Å². The Hall–Kier alpha value is -2.60. The average Bonchev–Trinajstić information content (AvgIpc) is 2.41. The maximum atomic E-state index is 11.9. The Labute approximate surface area is 118 Å². The van der Waals surface area contributed by atoms with Gasteiger partial charge in [0.25, 0.3) is 5.91 Å². The van der Waals surface area contributed by atoms with E-state index >= 15 is 0 Å². The molecule has 0 aliphatic carbocycles. The van der Waals surface area contributed by atoms with E-state index in [1.165, 1.54) is 24.3 Å². The lowest BCUT2D eigenvalue weighted by Gasteiger charge is -2.08. The number of phenolic OH excluding ortho intramolecular Hbond substituents is 1. The van der Waals surface area contributed by atoms with Gasteiger partial charge in [-0.15, -0.1) is 0 Å². The minimum absolute atomic E-state index is 0.0170. The van der Waals surface area contributed by atoms with E-state index in [4.69, 9.17) is 16.7 Å². The molecule has 1 aromatic heterocycles. The number of aromatic nitrogens is 1. The molecule has 0 radical (unpaired) electrons. The molecule has 0 aliphatic heterocycles. The summed E-state index contributed by atoms with van der Waals surface area (Å²) in [4.78, 5) is 26.6. The molecule has 0 saturated heterocycles. The number of phenols is 1. The van der Waals surface area contributed by atoms with Gasteiger partial charge >= 0.3 is 5.97 Å². The molecule has 1 heterocycles. The monoisotopic (exact) mass is 292 g/mol. The third-order valence-electron chi connectivity index (χ3n) is 2.44. The Kier molecular flexibility index (Phi) is 3.86. The zero-order chi connectivity index (χ0) is 14.7. The largest absolute Gasteiger partial charge is 0.506 e. The minimum Gasteiger partial charge on any atom is -0.506 e. The first-order chi connectivity index (χ1) is 9.47. The SMILES string of the molecule is O=C(O)c1ccc(O)c(NC(=O)c2cccc(Cl)n2)c1. The number of benzene rings is 1. The van der Waals surface area contributed by atoms with Crippen LogP contribution in [0.4, 0.5) is 5.69 Å². The highest BCUT2D eigenvalue weighted by molar-refractivity contribution is 6.29. The number of hydrogen-bond donors (Lipinski definition) is 3. The van der Waals surface area contributed by atoms with E-state index in [9.17, 15) is 14.7 Å². The van der Waals surface area contributed by atoms with Crippen molar-refractivity contribution in [3.05, 3.63) is 52.8 Å². The summed E-state index contributed by atoms with van der Waals surface area (Å²) >= 11 is 5.67. The van der Waals surface area contributed by atoms with Crippen LogP contribution in [0, 0.1) is 0 Å². The van der Waals surface area contributed by atoms with Gasteiger partial charge in [0.05, 0.1) is 11.3 Å². The second-order valence-electron chi connectivity index (χ2n) is 3.84. The number of aromatic hydroxyl groups is 1. The molecule has 0 unspecified atom stereocenters. The number of pyridine rings is 1. The van der Waals surface area contributed by atoms with Crippen molar-refractivity contribution in [3.8, 4) is 5.75 Å². The van der Waals surface area contributed by atoms with Crippen LogP contribution in [-0.4, -0.2) is 27.1 Å². The number of aromatic carboxylic acids is 1. The molecule has 6 nitrogen and oxygen atoms in total. The van der Waals surface area contributed by atoms with E-state index < -0.39 is 11.9 Å². The molecule has 102 valence electrons. The fourth-order valence-corrected chi connectivity index (χ4v) is 1.65. The van der Waals surface area contributed by atoms with E-state index in [-0.39, 0.29) is 27.8 Å². The lowest BCUT2D eigenvalue weighted by Crippen LogP contribution is -2.14. The summed E-state index contributed by atoms with van der Waals surface area (Å²) in [5.41, 5.74) is -0.0218. The van der Waals surface area contributed by atoms with Crippen molar-refractivity contribution >= 4 is 29.2 Å². The van der Waals surface area contributed by atoms with Crippen LogP contribution in [0.1, 0.15) is 20.8 Å². The third kappa shape index (κ3) is 3.04. The first-order valence-corrected chi connectivity index (χ1v) is 5.85. The molecule has 7 heteroatoms. The highest BCUT2D eigenvalue weighted by Crippen LogP contribution is 2.24. The third-order valence-corrected chi connectivity index (χ3v) is 2.65. The maximum absolute atomic E-state index is 11.9. The fraction of sp³-hybridized carbons (Fsp3) is 0. The van der Waals surface area contributed by atoms with Crippen LogP contribution in [0.15, 0.2) is 36.4 Å². The minimum atomic E-state index is -1.17. The van der Waals surface area contributed by atoms with Gasteiger partial charge in [-0.3, -0.25) is 4.79 Å². The Morgan fingerprint density at radius 2 is 1.95 bits per heavy atom. The topological polar surface area (TPSA) is 99.5 Å². The van der Waals surface area contributed by atoms with E-state index in [1.54, 1.807) is 6.07 Å². The number of carboxylic acids is 1. The number of amides is 1. The van der Waals surface area contributed by atoms with Crippen LogP contribution in [0.2, 0.25) is 5.15 Å². The molecule has 1 amide bonds. The van der Waals surface area contributed by atoms with Crippen molar-refractivity contribution in [1.29, 1.82) is 0 Å². The second kappa shape index (κ2) is 5.58. The van der Waals surface area contributed by atoms with Gasteiger partial charge in [0.1, 0.15) is 16.6 Å². The molecule has 0 fully saturated rings. The number of carbonyl (C=O) groups is 2. The van der Waals surface area contributed by atoms with Crippen LogP contribution in [0.3, 0.4) is 0 Å². The first kappa shape index (κ1) is 13.8. The number of carboxylic acid groups (broad SMARTS) is 1. The van der Waals surface area contributed by atoms with Crippen LogP contribution in [-0.2, 0) is 0 Å². The number of halogens is 1. The standard InChI is InChI=1S/C13H9ClN2O4/c14-11-3-1-2-8(15-11)12(18)16-9-6-7(13(19)20)4-5-10(9)17/h1-6,17H,(H,16,18)(H,19,20). The van der Waals surface area contributed by atoms with Gasteiger partial charge < -0.3 is 15.5 Å². The van der Waals surface area contributed by atoms with Crippen LogP contribution in [0.5, 0.6) is 5.75 Å². The number of hydrogen-bond acceptors (Lipinski definition) is 4. The number of nitrogens with one attached hydrogen (secondary N) is 1. The summed E-state index contributed by atoms with van der Waals surface area (Å²) in [6, 6.07) is 8.08. The van der Waals surface area contributed by atoms with Gasteiger partial charge in [0.2, 0.25) is 0 Å². The van der Waals surface area contributed by atoms with Crippen molar-refractivity contribution in [2.24, 2.45) is 0 Å². The quantitative estimate of drug-likeness (QED) is 0.596. The number of carbonyl (C=O) groups excluding carboxylic acids is 1. The lowest BCUT2D eigenvalue weighted by molar-refractivity contribution is 0.0696. The smallest absolute Gasteiger partial charge is 0.335 e. The Bertz CT molecular complexity index is 688. The highest BCUT2D eigenvalue weighted by atomic mass is 35.5. The van der Waals surface area contributed by atoms with Crippen molar-refractivity contribution in [3.63, 3.8) is 0 Å². The summed E-state index contributed by atoms with van der Waals surface area (Å²) in [7, 11) is 0. The van der Waals surface area contributed by atoms with E-state index in [0.717, 1.165) is 6.07 Å². The fourth-order valence-electron chi connectivity index (χ4n) is 1.49. The number of anilines is 1. The summed E-state index contributed by atoms with van der Waals surface area (Å²) < 4.78 is 0. The molecule has 0 atom stereocenters. The second-order valence-corrected chi connectivity index (χ2v) is 4.22. The summed E-state index contributed by atoms with van der Waals surface area (Å²) in [5.74, 6) is -2.02. The Morgan fingerprint density at radius 3 is 2.60 bits per heavy atom. The number of nitrogens with zero attached hydrogens (tertiary/aromatic N) is 1. The molecule has 1 aromatic carbocycles. The van der Waals surface area contributed by atoms with Crippen molar-refractivity contribution in [2.75, 3.05) is 5.32 Å². The molecule has 3 N–H and O–H groups in total. The lowest BCUT2D eigenvalue weighted by atomic mass is 10.2. The van der Waals surface area contributed by atoms with Crippen LogP contribution in [0.25, 0.3) is 0 Å². The molecule has 20 heavy (non-hydrogen) atoms. The maximum Gasteiger partial charge on any atom is 0.335 e. The first-order valence-electron chi connectivity index (χ1n) is 5.47. The number of rotatable bonds is 3. The van der Waals surface area contributed by atoms with Crippen LogP contribution < -0.4 is 5.32 Å². The van der Waals surface area contributed by atoms with Gasteiger partial charge in [-0.1, -0.05) is 17.7 Å². The Morgan fingerprint density at radius 1 is 1.20 bits per heavy atom. The van der Waals surface area contributed by atoms with Gasteiger partial charge in [-0.2, -0.15) is 0 Å². The molecule has 0 aliphatic rings. The highest BCUT2D eigenvalue weighted by Gasteiger charge is 2.13. The van der Waals surface area contributed by atoms with Gasteiger partial charge in [-0.25, -0.2) is 9.78 Å². The summed E-state index contributed by atoms with van der Waals surface area (Å²) in [5, 5.41) is 21.0. The van der Waals surface area contributed by atoms with Crippen molar-refractivity contribution < 1.29 is 19.8 Å². The molecular formula is C13H9ClN2O4. The van der Waals surface area contributed by atoms with Gasteiger partial charge in [0.15, 0.2) is 0 Å². The van der Waals surface area contributed by atoms with E-state index in [2.05, 4.69) is 10.3 Å². The summed E-state index contributed by atoms with van der Waals surface area (Å²) in [6.07, 6.45) is 0. The normalized spacial score (nSPS) is 10.1. The predicted molar refractivity (Wildman–Crippen MR) is 72.3 cm³/mol. The summed E-state index contributed by atoms with van der Waals surface area (Å²) in [6.45, 7) is 0. The van der Waals surface area contributed by atoms with Gasteiger partial charge in [0, 0.05) is 0 Å². The van der Waals surface area contributed by atoms with E-state index in [1.807, 2.05) is 0 Å². The molecule has 0 bridgehead atoms. The molecule has 2 rings (SSSR count).